The number of aromatic nitrogens is 4. The number of nitrogen functional groups attached to an aromatic ring is 1. The number of fused-ring (bicyclic) bond motifs is 1. The molecule has 1 unspecified atom stereocenters. The maximum absolute atomic E-state index is 15.5. The minimum Gasteiger partial charge on any atom is -0.369 e. The lowest BCUT2D eigenvalue weighted by Gasteiger charge is -2.30. The highest BCUT2D eigenvalue weighted by molar-refractivity contribution is 6.04. The normalized spacial score (nSPS) is 15.3. The van der Waals surface area contributed by atoms with Gasteiger partial charge >= 0.3 is 6.18 Å². The zero-order chi connectivity index (χ0) is 29.3. The first-order valence-electron chi connectivity index (χ1n) is 12.6. The number of pyridine rings is 1. The Kier molecular flexibility index (Phi) is 7.32. The lowest BCUT2D eigenvalue weighted by Crippen LogP contribution is -2.38. The molecule has 1 fully saturated rings. The summed E-state index contributed by atoms with van der Waals surface area (Å²) in [6.45, 7) is 2.55. The SMILES string of the molecule is CC#CC(=O)N1CCCC(c2nc(-c3ccc(C(=O)Nc4cc(C(F)(F)F)ccn4)cc3F)n3c(N)nccc23)C1. The monoisotopic (exact) mass is 565 g/mol. The van der Waals surface area contributed by atoms with E-state index < -0.39 is 23.5 Å². The summed E-state index contributed by atoms with van der Waals surface area (Å²) >= 11 is 0. The number of carbonyl (C=O) groups is 2. The molecule has 41 heavy (non-hydrogen) atoms. The van der Waals surface area contributed by atoms with Crippen molar-refractivity contribution < 1.29 is 27.2 Å². The molecule has 0 radical (unpaired) electrons. The first-order valence-corrected chi connectivity index (χ1v) is 12.6. The molecular weight excluding hydrogens is 542 g/mol. The molecule has 1 aliphatic rings. The zero-order valence-corrected chi connectivity index (χ0v) is 21.7. The number of carbonyl (C=O) groups excluding carboxylic acids is 2. The second kappa shape index (κ2) is 10.9. The third-order valence-corrected chi connectivity index (χ3v) is 6.74. The minimum absolute atomic E-state index is 0.0280. The Morgan fingerprint density at radius 3 is 2.63 bits per heavy atom. The van der Waals surface area contributed by atoms with Gasteiger partial charge in [-0.3, -0.25) is 14.0 Å². The van der Waals surface area contributed by atoms with Gasteiger partial charge in [0.2, 0.25) is 5.95 Å². The van der Waals surface area contributed by atoms with Crippen LogP contribution in [0.25, 0.3) is 16.9 Å². The summed E-state index contributed by atoms with van der Waals surface area (Å²) in [7, 11) is 0. The highest BCUT2D eigenvalue weighted by Crippen LogP contribution is 2.35. The van der Waals surface area contributed by atoms with Gasteiger partial charge in [-0.1, -0.05) is 5.92 Å². The fourth-order valence-electron chi connectivity index (χ4n) is 4.84. The van der Waals surface area contributed by atoms with E-state index >= 15 is 4.39 Å². The van der Waals surface area contributed by atoms with Crippen molar-refractivity contribution in [2.24, 2.45) is 0 Å². The number of nitrogens with two attached hydrogens (primary N) is 1. The van der Waals surface area contributed by atoms with Gasteiger partial charge in [0.15, 0.2) is 5.82 Å². The van der Waals surface area contributed by atoms with Crippen LogP contribution in [-0.4, -0.2) is 49.2 Å². The zero-order valence-electron chi connectivity index (χ0n) is 21.7. The summed E-state index contributed by atoms with van der Waals surface area (Å²) < 4.78 is 56.0. The van der Waals surface area contributed by atoms with E-state index in [-0.39, 0.29) is 40.5 Å². The van der Waals surface area contributed by atoms with Crippen molar-refractivity contribution in [1.82, 2.24) is 24.3 Å². The van der Waals surface area contributed by atoms with Crippen LogP contribution in [0.3, 0.4) is 0 Å². The molecular formula is C28H23F4N7O2. The first kappa shape index (κ1) is 27.6. The Balaban J connectivity index is 1.47. The molecule has 0 bridgehead atoms. The van der Waals surface area contributed by atoms with Crippen LogP contribution in [-0.2, 0) is 11.0 Å². The molecule has 1 atom stereocenters. The number of hydrogen-bond acceptors (Lipinski definition) is 6. The third kappa shape index (κ3) is 5.54. The van der Waals surface area contributed by atoms with Crippen LogP contribution < -0.4 is 11.1 Å². The summed E-state index contributed by atoms with van der Waals surface area (Å²) in [4.78, 5) is 39.3. The van der Waals surface area contributed by atoms with Crippen LogP contribution in [0.5, 0.6) is 0 Å². The van der Waals surface area contributed by atoms with E-state index in [2.05, 4.69) is 27.1 Å². The standard InChI is InChI=1S/C28H23F4N7O2/c1-2-4-23(40)38-12-3-5-17(15-38)24-21-9-11-35-27(33)39(21)25(37-24)19-7-6-16(13-20(19)29)26(41)36-22-14-18(8-10-34-22)28(30,31)32/h6-11,13-14,17H,3,5,12,15H2,1H3,(H2,33,35)(H,34,36,41). The van der Waals surface area contributed by atoms with E-state index in [9.17, 15) is 22.8 Å². The Hall–Kier alpha value is -4.99. The van der Waals surface area contributed by atoms with Crippen molar-refractivity contribution in [2.45, 2.75) is 31.9 Å². The molecule has 0 saturated carbocycles. The summed E-state index contributed by atoms with van der Waals surface area (Å²) in [5.74, 6) is 2.96. The van der Waals surface area contributed by atoms with Crippen molar-refractivity contribution >= 4 is 29.1 Å². The molecule has 3 aromatic heterocycles. The number of amides is 2. The summed E-state index contributed by atoms with van der Waals surface area (Å²) in [5, 5.41) is 2.26. The van der Waals surface area contributed by atoms with Gasteiger partial charge in [-0.25, -0.2) is 19.3 Å². The van der Waals surface area contributed by atoms with Crippen molar-refractivity contribution in [3.8, 4) is 23.2 Å². The van der Waals surface area contributed by atoms with Gasteiger partial charge in [0.1, 0.15) is 11.6 Å². The highest BCUT2D eigenvalue weighted by Gasteiger charge is 2.31. The van der Waals surface area contributed by atoms with E-state index in [1.54, 1.807) is 17.9 Å². The molecule has 1 aliphatic heterocycles. The molecule has 2 amide bonds. The van der Waals surface area contributed by atoms with Crippen LogP contribution in [0, 0.1) is 17.7 Å². The molecule has 4 heterocycles. The van der Waals surface area contributed by atoms with Crippen molar-refractivity contribution in [2.75, 3.05) is 24.1 Å². The average Bonchev–Trinajstić information content (AvgIpc) is 3.33. The first-order chi connectivity index (χ1) is 19.6. The number of hydrogen-bond donors (Lipinski definition) is 2. The van der Waals surface area contributed by atoms with Gasteiger partial charge in [-0.15, -0.1) is 0 Å². The Morgan fingerprint density at radius 2 is 1.90 bits per heavy atom. The molecule has 0 aliphatic carbocycles. The van der Waals surface area contributed by atoms with Gasteiger partial charge in [-0.2, -0.15) is 13.2 Å². The number of halogens is 4. The number of benzene rings is 1. The minimum atomic E-state index is -4.62. The number of imidazole rings is 1. The molecule has 1 saturated heterocycles. The van der Waals surface area contributed by atoms with E-state index in [0.29, 0.717) is 30.4 Å². The third-order valence-electron chi connectivity index (χ3n) is 6.74. The molecule has 210 valence electrons. The van der Waals surface area contributed by atoms with Crippen molar-refractivity contribution in [3.63, 3.8) is 0 Å². The molecule has 9 nitrogen and oxygen atoms in total. The molecule has 5 rings (SSSR count). The number of nitrogens with zero attached hydrogens (tertiary/aromatic N) is 5. The summed E-state index contributed by atoms with van der Waals surface area (Å²) in [6, 6.07) is 6.77. The van der Waals surface area contributed by atoms with Crippen LogP contribution in [0.4, 0.5) is 29.3 Å². The van der Waals surface area contributed by atoms with Gasteiger partial charge < -0.3 is 16.0 Å². The summed E-state index contributed by atoms with van der Waals surface area (Å²) in [5.41, 5.74) is 6.29. The fourth-order valence-corrected chi connectivity index (χ4v) is 4.84. The average molecular weight is 566 g/mol. The van der Waals surface area contributed by atoms with Gasteiger partial charge in [-0.05, 0) is 62.1 Å². The number of likely N-dealkylation sites (tertiary alicyclic amines) is 1. The van der Waals surface area contributed by atoms with E-state index in [1.807, 2.05) is 0 Å². The lowest BCUT2D eigenvalue weighted by molar-refractivity contribution is -0.137. The summed E-state index contributed by atoms with van der Waals surface area (Å²) in [6.07, 6.45) is -0.716. The molecule has 13 heteroatoms. The number of nitrogens with one attached hydrogen (secondary N) is 1. The largest absolute Gasteiger partial charge is 0.416 e. The molecule has 4 aromatic rings. The number of alkyl halides is 3. The van der Waals surface area contributed by atoms with Gasteiger partial charge in [0, 0.05) is 37.0 Å². The maximum Gasteiger partial charge on any atom is 0.416 e. The fraction of sp³-hybridized carbons (Fsp3) is 0.250. The lowest BCUT2D eigenvalue weighted by atomic mass is 9.94. The van der Waals surface area contributed by atoms with E-state index in [0.717, 1.165) is 31.2 Å². The van der Waals surface area contributed by atoms with Crippen molar-refractivity contribution in [1.29, 1.82) is 0 Å². The number of piperidine rings is 1. The second-order valence-corrected chi connectivity index (χ2v) is 9.39. The highest BCUT2D eigenvalue weighted by atomic mass is 19.4. The topological polar surface area (TPSA) is 119 Å². The van der Waals surface area contributed by atoms with Crippen LogP contribution in [0.2, 0.25) is 0 Å². The van der Waals surface area contributed by atoms with Crippen LogP contribution >= 0.6 is 0 Å². The van der Waals surface area contributed by atoms with E-state index in [4.69, 9.17) is 10.7 Å². The van der Waals surface area contributed by atoms with E-state index in [1.165, 1.54) is 22.7 Å². The van der Waals surface area contributed by atoms with Crippen LogP contribution in [0.15, 0.2) is 48.8 Å². The maximum atomic E-state index is 15.5. The smallest absolute Gasteiger partial charge is 0.369 e. The quantitative estimate of drug-likeness (QED) is 0.278. The predicted octanol–water partition coefficient (Wildman–Crippen LogP) is 4.51. The van der Waals surface area contributed by atoms with Crippen LogP contribution in [0.1, 0.15) is 47.3 Å². The Bertz CT molecular complexity index is 1720. The molecule has 3 N–H and O–H groups in total. The van der Waals surface area contributed by atoms with Gasteiger partial charge in [0.05, 0.1) is 22.3 Å². The molecule has 1 aromatic carbocycles. The number of rotatable bonds is 4. The number of anilines is 2. The van der Waals surface area contributed by atoms with Gasteiger partial charge in [0.25, 0.3) is 11.8 Å². The Labute approximate surface area is 231 Å². The predicted molar refractivity (Wildman–Crippen MR) is 142 cm³/mol. The second-order valence-electron chi connectivity index (χ2n) is 9.39. The Morgan fingerprint density at radius 1 is 1.12 bits per heavy atom. The van der Waals surface area contributed by atoms with Crippen molar-refractivity contribution in [3.05, 3.63) is 71.4 Å². The molecule has 0 spiro atoms.